The first-order chi connectivity index (χ1) is 12.0. The number of hydrogen-bond acceptors (Lipinski definition) is 5. The molecule has 2 N–H and O–H groups in total. The van der Waals surface area contributed by atoms with E-state index in [0.717, 1.165) is 5.56 Å². The Morgan fingerprint density at radius 3 is 2.72 bits per heavy atom. The maximum atomic E-state index is 12.0. The molecule has 1 amide bonds. The lowest BCUT2D eigenvalue weighted by atomic mass is 9.94. The number of amides is 1. The van der Waals surface area contributed by atoms with E-state index in [0.29, 0.717) is 44.1 Å². The first kappa shape index (κ1) is 17.6. The van der Waals surface area contributed by atoms with Crippen molar-refractivity contribution in [3.05, 3.63) is 41.9 Å². The van der Waals surface area contributed by atoms with Crippen LogP contribution in [0.25, 0.3) is 11.3 Å². The Morgan fingerprint density at radius 2 is 2.00 bits per heavy atom. The quantitative estimate of drug-likeness (QED) is 0.839. The van der Waals surface area contributed by atoms with Crippen LogP contribution in [0.4, 0.5) is 0 Å². The monoisotopic (exact) mass is 344 g/mol. The van der Waals surface area contributed by atoms with Crippen LogP contribution in [-0.4, -0.2) is 41.4 Å². The SMILES string of the molecule is Cc1ccc(-c2cnc(CCC(=O)NCC3(O)CCOCC3)o2)cc1. The van der Waals surface area contributed by atoms with Crippen molar-refractivity contribution < 1.29 is 19.1 Å². The molecular weight excluding hydrogens is 320 g/mol. The summed E-state index contributed by atoms with van der Waals surface area (Å²) in [6.45, 7) is 3.36. The number of rotatable bonds is 6. The number of ether oxygens (including phenoxy) is 1. The number of nitrogens with zero attached hydrogens (tertiary/aromatic N) is 1. The van der Waals surface area contributed by atoms with Gasteiger partial charge in [-0.2, -0.15) is 0 Å². The minimum atomic E-state index is -0.852. The van der Waals surface area contributed by atoms with Crippen molar-refractivity contribution in [1.29, 1.82) is 0 Å². The minimum absolute atomic E-state index is 0.116. The summed E-state index contributed by atoms with van der Waals surface area (Å²) in [5.41, 5.74) is 1.30. The predicted molar refractivity (Wildman–Crippen MR) is 93.0 cm³/mol. The second-order valence-corrected chi connectivity index (χ2v) is 6.60. The number of carbonyl (C=O) groups excluding carboxylic acids is 1. The summed E-state index contributed by atoms with van der Waals surface area (Å²) in [6, 6.07) is 8.01. The minimum Gasteiger partial charge on any atom is -0.441 e. The lowest BCUT2D eigenvalue weighted by molar-refractivity contribution is -0.124. The Balaban J connectivity index is 1.47. The van der Waals surface area contributed by atoms with Crippen LogP contribution >= 0.6 is 0 Å². The number of oxazole rings is 1. The highest BCUT2D eigenvalue weighted by Gasteiger charge is 2.30. The fourth-order valence-electron chi connectivity index (χ4n) is 2.78. The van der Waals surface area contributed by atoms with Crippen LogP contribution in [0.15, 0.2) is 34.9 Å². The summed E-state index contributed by atoms with van der Waals surface area (Å²) >= 11 is 0. The Labute approximate surface area is 147 Å². The molecule has 1 saturated heterocycles. The highest BCUT2D eigenvalue weighted by atomic mass is 16.5. The van der Waals surface area contributed by atoms with E-state index in [1.165, 1.54) is 5.56 Å². The molecule has 134 valence electrons. The zero-order chi connectivity index (χ0) is 17.7. The summed E-state index contributed by atoms with van der Waals surface area (Å²) in [5, 5.41) is 13.1. The number of benzene rings is 1. The van der Waals surface area contributed by atoms with Crippen molar-refractivity contribution in [1.82, 2.24) is 10.3 Å². The van der Waals surface area contributed by atoms with E-state index in [-0.39, 0.29) is 18.9 Å². The fraction of sp³-hybridized carbons (Fsp3) is 0.474. The van der Waals surface area contributed by atoms with E-state index in [2.05, 4.69) is 10.3 Å². The van der Waals surface area contributed by atoms with E-state index < -0.39 is 5.60 Å². The fourth-order valence-corrected chi connectivity index (χ4v) is 2.78. The molecule has 3 rings (SSSR count). The van der Waals surface area contributed by atoms with Crippen LogP contribution in [0.3, 0.4) is 0 Å². The number of nitrogens with one attached hydrogen (secondary N) is 1. The van der Waals surface area contributed by atoms with Gasteiger partial charge in [0.2, 0.25) is 5.91 Å². The topological polar surface area (TPSA) is 84.6 Å². The second-order valence-electron chi connectivity index (χ2n) is 6.60. The second kappa shape index (κ2) is 7.80. The summed E-state index contributed by atoms with van der Waals surface area (Å²) in [5.74, 6) is 1.12. The van der Waals surface area contributed by atoms with E-state index in [9.17, 15) is 9.90 Å². The summed E-state index contributed by atoms with van der Waals surface area (Å²) in [7, 11) is 0. The molecule has 2 aromatic rings. The molecule has 6 nitrogen and oxygen atoms in total. The Bertz CT molecular complexity index is 702. The molecular formula is C19H24N2O4. The van der Waals surface area contributed by atoms with Gasteiger partial charge in [0.1, 0.15) is 0 Å². The third-order valence-corrected chi connectivity index (χ3v) is 4.49. The van der Waals surface area contributed by atoms with Gasteiger partial charge < -0.3 is 19.6 Å². The molecule has 25 heavy (non-hydrogen) atoms. The van der Waals surface area contributed by atoms with Crippen molar-refractivity contribution in [2.75, 3.05) is 19.8 Å². The molecule has 0 aliphatic carbocycles. The highest BCUT2D eigenvalue weighted by molar-refractivity contribution is 5.76. The molecule has 1 fully saturated rings. The van der Waals surface area contributed by atoms with Gasteiger partial charge >= 0.3 is 0 Å². The molecule has 6 heteroatoms. The number of aromatic nitrogens is 1. The summed E-state index contributed by atoms with van der Waals surface area (Å²) in [6.07, 6.45) is 3.49. The number of aryl methyl sites for hydroxylation is 2. The van der Waals surface area contributed by atoms with E-state index in [1.54, 1.807) is 6.20 Å². The average Bonchev–Trinajstić information content (AvgIpc) is 3.08. The normalized spacial score (nSPS) is 16.6. The molecule has 0 radical (unpaired) electrons. The molecule has 0 atom stereocenters. The Morgan fingerprint density at radius 1 is 1.28 bits per heavy atom. The van der Waals surface area contributed by atoms with Crippen molar-refractivity contribution in [2.24, 2.45) is 0 Å². The smallest absolute Gasteiger partial charge is 0.220 e. The molecule has 1 aromatic heterocycles. The molecule has 0 bridgehead atoms. The first-order valence-corrected chi connectivity index (χ1v) is 8.63. The van der Waals surface area contributed by atoms with Crippen molar-refractivity contribution >= 4 is 5.91 Å². The standard InChI is InChI=1S/C19H24N2O4/c1-14-2-4-15(5-3-14)16-12-20-18(25-16)7-6-17(22)21-13-19(23)8-10-24-11-9-19/h2-5,12,23H,6-11,13H2,1H3,(H,21,22). The van der Waals surface area contributed by atoms with Gasteiger partial charge in [-0.05, 0) is 6.92 Å². The van der Waals surface area contributed by atoms with Crippen LogP contribution in [0, 0.1) is 6.92 Å². The third kappa shape index (κ3) is 4.90. The molecule has 1 aliphatic rings. The third-order valence-electron chi connectivity index (χ3n) is 4.49. The lowest BCUT2D eigenvalue weighted by Gasteiger charge is -2.32. The van der Waals surface area contributed by atoms with Crippen molar-refractivity contribution in [3.8, 4) is 11.3 Å². The largest absolute Gasteiger partial charge is 0.441 e. The van der Waals surface area contributed by atoms with Crippen LogP contribution < -0.4 is 5.32 Å². The molecule has 0 spiro atoms. The molecule has 1 aliphatic heterocycles. The number of carbonyl (C=O) groups is 1. The zero-order valence-electron chi connectivity index (χ0n) is 14.5. The first-order valence-electron chi connectivity index (χ1n) is 8.63. The molecule has 0 saturated carbocycles. The highest BCUT2D eigenvalue weighted by Crippen LogP contribution is 2.21. The lowest BCUT2D eigenvalue weighted by Crippen LogP contribution is -2.46. The van der Waals surface area contributed by atoms with E-state index in [4.69, 9.17) is 9.15 Å². The average molecular weight is 344 g/mol. The summed E-state index contributed by atoms with van der Waals surface area (Å²) in [4.78, 5) is 16.2. The number of hydrogen-bond donors (Lipinski definition) is 2. The maximum Gasteiger partial charge on any atom is 0.220 e. The van der Waals surface area contributed by atoms with Crippen LogP contribution in [-0.2, 0) is 16.0 Å². The van der Waals surface area contributed by atoms with Gasteiger partial charge in [0, 0.05) is 51.0 Å². The van der Waals surface area contributed by atoms with Gasteiger partial charge in [-0.15, -0.1) is 0 Å². The van der Waals surface area contributed by atoms with E-state index >= 15 is 0 Å². The molecule has 1 aromatic carbocycles. The van der Waals surface area contributed by atoms with Crippen LogP contribution in [0.2, 0.25) is 0 Å². The molecule has 0 unspecified atom stereocenters. The Kier molecular flexibility index (Phi) is 5.50. The van der Waals surface area contributed by atoms with Gasteiger partial charge in [0.05, 0.1) is 11.8 Å². The van der Waals surface area contributed by atoms with Gasteiger partial charge in [-0.25, -0.2) is 4.98 Å². The van der Waals surface area contributed by atoms with Gasteiger partial charge in [-0.1, -0.05) is 29.8 Å². The van der Waals surface area contributed by atoms with E-state index in [1.807, 2.05) is 31.2 Å². The van der Waals surface area contributed by atoms with Crippen LogP contribution in [0.5, 0.6) is 0 Å². The maximum absolute atomic E-state index is 12.0. The summed E-state index contributed by atoms with van der Waals surface area (Å²) < 4.78 is 10.9. The number of aliphatic hydroxyl groups is 1. The van der Waals surface area contributed by atoms with Crippen molar-refractivity contribution in [3.63, 3.8) is 0 Å². The van der Waals surface area contributed by atoms with Gasteiger partial charge in [-0.3, -0.25) is 4.79 Å². The Hall–Kier alpha value is -2.18. The van der Waals surface area contributed by atoms with Gasteiger partial charge in [0.15, 0.2) is 11.7 Å². The van der Waals surface area contributed by atoms with Crippen LogP contribution in [0.1, 0.15) is 30.7 Å². The zero-order valence-corrected chi connectivity index (χ0v) is 14.5. The molecule has 2 heterocycles. The predicted octanol–water partition coefficient (Wildman–Crippen LogP) is 2.24. The van der Waals surface area contributed by atoms with Gasteiger partial charge in [0.25, 0.3) is 0 Å². The van der Waals surface area contributed by atoms with Crippen molar-refractivity contribution in [2.45, 2.75) is 38.2 Å².